The number of anilines is 1. The lowest BCUT2D eigenvalue weighted by molar-refractivity contribution is 0.00706. The van der Waals surface area contributed by atoms with Gasteiger partial charge in [0.2, 0.25) is 0 Å². The molecule has 4 aliphatic rings. The van der Waals surface area contributed by atoms with Crippen LogP contribution in [-0.4, -0.2) is 107 Å². The van der Waals surface area contributed by atoms with E-state index in [4.69, 9.17) is 25.8 Å². The molecule has 3 aromatic rings. The first kappa shape index (κ1) is 31.0. The third-order valence-electron chi connectivity index (χ3n) is 8.77. The van der Waals surface area contributed by atoms with Crippen LogP contribution in [0.2, 0.25) is 5.02 Å². The number of pyridine rings is 1. The Bertz CT molecular complexity index is 1500. The third-order valence-corrected chi connectivity index (χ3v) is 9.06. The molecule has 0 radical (unpaired) electrons. The minimum Gasteiger partial charge on any atom is -0.456 e. The number of benzene rings is 1. The predicted molar refractivity (Wildman–Crippen MR) is 164 cm³/mol. The molecule has 1 aliphatic carbocycles. The number of ether oxygens (including phenoxy) is 3. The average Bonchev–Trinajstić information content (AvgIpc) is 3.85. The normalized spacial score (nSPS) is 25.9. The van der Waals surface area contributed by atoms with Crippen molar-refractivity contribution in [3.8, 4) is 6.01 Å². The summed E-state index contributed by atoms with van der Waals surface area (Å²) in [5.41, 5.74) is 2.68. The number of hydrogen-bond acceptors (Lipinski definition) is 9. The predicted octanol–water partition coefficient (Wildman–Crippen LogP) is 3.95. The van der Waals surface area contributed by atoms with Crippen molar-refractivity contribution in [1.29, 1.82) is 0 Å². The van der Waals surface area contributed by atoms with Crippen LogP contribution in [0, 0.1) is 5.82 Å². The summed E-state index contributed by atoms with van der Waals surface area (Å²) in [5.74, 6) is -0.204. The smallest absolute Gasteiger partial charge is 0.296 e. The van der Waals surface area contributed by atoms with E-state index in [9.17, 15) is 9.90 Å². The van der Waals surface area contributed by atoms with E-state index in [1.165, 1.54) is 18.9 Å². The largest absolute Gasteiger partial charge is 0.456 e. The van der Waals surface area contributed by atoms with E-state index < -0.39 is 24.1 Å². The number of hydrogen-bond donors (Lipinski definition) is 3. The molecule has 1 aromatic carbocycles. The molecule has 5 heterocycles. The summed E-state index contributed by atoms with van der Waals surface area (Å²) in [6.07, 6.45) is 1.80. The number of H-pyrrole nitrogens is 1. The second-order valence-corrected chi connectivity index (χ2v) is 12.0. The highest BCUT2D eigenvalue weighted by Crippen LogP contribution is 2.38. The van der Waals surface area contributed by atoms with Crippen LogP contribution in [0.3, 0.4) is 0 Å². The Morgan fingerprint density at radius 1 is 1.20 bits per heavy atom. The second-order valence-electron chi connectivity index (χ2n) is 11.6. The van der Waals surface area contributed by atoms with E-state index >= 15 is 4.39 Å². The highest BCUT2D eigenvalue weighted by molar-refractivity contribution is 6.33. The van der Waals surface area contributed by atoms with Gasteiger partial charge in [0, 0.05) is 31.3 Å². The van der Waals surface area contributed by atoms with Crippen LogP contribution in [0.5, 0.6) is 6.01 Å². The summed E-state index contributed by atoms with van der Waals surface area (Å²) < 4.78 is 32.7. The van der Waals surface area contributed by atoms with E-state index in [0.717, 1.165) is 25.2 Å². The molecule has 0 spiro atoms. The number of aromatic nitrogens is 3. The van der Waals surface area contributed by atoms with E-state index in [1.54, 1.807) is 18.0 Å². The van der Waals surface area contributed by atoms with Crippen LogP contribution >= 0.6 is 11.6 Å². The maximum Gasteiger partial charge on any atom is 0.296 e. The van der Waals surface area contributed by atoms with Crippen LogP contribution < -0.4 is 10.1 Å². The lowest BCUT2D eigenvalue weighted by Gasteiger charge is -2.22. The van der Waals surface area contributed by atoms with Crippen molar-refractivity contribution in [3.05, 3.63) is 45.7 Å². The van der Waals surface area contributed by atoms with E-state index in [2.05, 4.69) is 25.2 Å². The van der Waals surface area contributed by atoms with Crippen LogP contribution in [0.1, 0.15) is 60.6 Å². The maximum atomic E-state index is 15.5. The van der Waals surface area contributed by atoms with Crippen LogP contribution in [0.25, 0.3) is 11.2 Å². The van der Waals surface area contributed by atoms with Crippen molar-refractivity contribution in [2.45, 2.75) is 70.0 Å². The molecule has 13 heteroatoms. The molecule has 44 heavy (non-hydrogen) atoms. The number of likely N-dealkylation sites (N-methyl/N-ethyl adjacent to an activating group) is 1. The molecular weight excluding hydrogens is 591 g/mol. The maximum absolute atomic E-state index is 15.5. The number of carbonyl (C=O) groups is 1. The number of aryl methyl sites for hydroxylation is 1. The molecule has 3 aliphatic heterocycles. The first-order chi connectivity index (χ1) is 21.3. The molecule has 3 saturated heterocycles. The Morgan fingerprint density at radius 2 is 1.98 bits per heavy atom. The van der Waals surface area contributed by atoms with Crippen molar-refractivity contribution in [3.63, 3.8) is 0 Å². The zero-order chi connectivity index (χ0) is 31.0. The van der Waals surface area contributed by atoms with E-state index in [-0.39, 0.29) is 37.3 Å². The number of imidazole rings is 1. The van der Waals surface area contributed by atoms with Gasteiger partial charge in [-0.25, -0.2) is 9.37 Å². The Kier molecular flexibility index (Phi) is 9.25. The van der Waals surface area contributed by atoms with Crippen molar-refractivity contribution in [1.82, 2.24) is 24.8 Å². The monoisotopic (exact) mass is 630 g/mol. The highest BCUT2D eigenvalue weighted by atomic mass is 35.5. The number of nitrogens with zero attached hydrogens (tertiary/aromatic N) is 4. The van der Waals surface area contributed by atoms with Gasteiger partial charge in [0.15, 0.2) is 11.8 Å². The second kappa shape index (κ2) is 13.1. The topological polar surface area (TPSA) is 125 Å². The van der Waals surface area contributed by atoms with Crippen molar-refractivity contribution in [2.24, 2.45) is 0 Å². The quantitative estimate of drug-likeness (QED) is 0.339. The Balaban J connectivity index is 0.00000168. The van der Waals surface area contributed by atoms with E-state index in [1.807, 2.05) is 19.9 Å². The number of aromatic amines is 1. The Morgan fingerprint density at radius 3 is 2.77 bits per heavy atom. The van der Waals surface area contributed by atoms with Gasteiger partial charge < -0.3 is 39.4 Å². The number of halogens is 2. The van der Waals surface area contributed by atoms with Crippen molar-refractivity contribution < 1.29 is 28.5 Å². The molecule has 0 saturated carbocycles. The molecule has 5 atom stereocenters. The lowest BCUT2D eigenvalue weighted by Crippen LogP contribution is -2.35. The number of carbonyl (C=O) groups excluding carboxylic acids is 1. The molecule has 0 bridgehead atoms. The third kappa shape index (κ3) is 6.10. The molecule has 1 unspecified atom stereocenters. The summed E-state index contributed by atoms with van der Waals surface area (Å²) in [4.78, 5) is 29.2. The summed E-state index contributed by atoms with van der Waals surface area (Å²) in [6.45, 7) is 8.07. The number of nitrogens with one attached hydrogen (secondary N) is 2. The van der Waals surface area contributed by atoms with E-state index in [0.29, 0.717) is 52.5 Å². The average molecular weight is 631 g/mol. The van der Waals surface area contributed by atoms with Crippen LogP contribution in [0.15, 0.2) is 18.2 Å². The zero-order valence-electron chi connectivity index (χ0n) is 25.3. The fourth-order valence-corrected chi connectivity index (χ4v) is 6.72. The van der Waals surface area contributed by atoms with Gasteiger partial charge in [0.05, 0.1) is 29.8 Å². The van der Waals surface area contributed by atoms with Gasteiger partial charge in [-0.05, 0) is 62.5 Å². The molecule has 2 aromatic heterocycles. The van der Waals surface area contributed by atoms with Crippen LogP contribution in [0.4, 0.5) is 10.2 Å². The Hall–Kier alpha value is -3.03. The van der Waals surface area contributed by atoms with Gasteiger partial charge in [-0.3, -0.25) is 4.79 Å². The standard InChI is InChI=1S/C29H34ClFN6O5.C2H6/c1-36(8-9-37-6-2-3-7-37)28(39)16-10-15-4-5-19(23(15)18(31)11-16)32-26-17(30)12-20-27(34-26)35-29(33-20)42-22-14-41-24-21(38)13-40-25(22)24;1-2/h10-12,19,21-22,24-25,38H,2-9,13-14H2,1H3,(H2,32,33,34,35);1-2H3/t19?,21-,22-,24-,25-;/m1./s1. The lowest BCUT2D eigenvalue weighted by atomic mass is 10.0. The molecule has 7 rings (SSSR count). The zero-order valence-corrected chi connectivity index (χ0v) is 26.1. The number of aliphatic hydroxyl groups excluding tert-OH is 1. The summed E-state index contributed by atoms with van der Waals surface area (Å²) in [6, 6.07) is 4.74. The van der Waals surface area contributed by atoms with Crippen molar-refractivity contribution in [2.75, 3.05) is 51.8 Å². The molecule has 1 amide bonds. The number of aliphatic hydroxyl groups is 1. The van der Waals surface area contributed by atoms with Gasteiger partial charge >= 0.3 is 0 Å². The Labute approximate surface area is 261 Å². The first-order valence-electron chi connectivity index (χ1n) is 15.5. The number of fused-ring (bicyclic) bond motifs is 3. The van der Waals surface area contributed by atoms with Gasteiger partial charge in [-0.15, -0.1) is 0 Å². The number of amides is 1. The van der Waals surface area contributed by atoms with Gasteiger partial charge in [0.1, 0.15) is 29.9 Å². The summed E-state index contributed by atoms with van der Waals surface area (Å²) >= 11 is 6.57. The molecule has 3 N–H and O–H groups in total. The minimum absolute atomic E-state index is 0.172. The fourth-order valence-electron chi connectivity index (χ4n) is 6.51. The SMILES string of the molecule is CC.CN(CCN1CCCC1)C(=O)c1cc(F)c2c(c1)CCC2Nc1nc2nc(O[C@@H]3CO[C@H]4[C@@H]3OC[C@H]4O)[nH]c2cc1Cl. The first-order valence-corrected chi connectivity index (χ1v) is 15.9. The molecule has 11 nitrogen and oxygen atoms in total. The molecule has 238 valence electrons. The van der Waals surface area contributed by atoms with Crippen molar-refractivity contribution >= 4 is 34.5 Å². The number of likely N-dealkylation sites (tertiary alicyclic amines) is 1. The molecule has 3 fully saturated rings. The van der Waals surface area contributed by atoms with Gasteiger partial charge in [-0.2, -0.15) is 4.98 Å². The summed E-state index contributed by atoms with van der Waals surface area (Å²) in [7, 11) is 1.77. The minimum atomic E-state index is -0.669. The summed E-state index contributed by atoms with van der Waals surface area (Å²) in [5, 5.41) is 13.6. The van der Waals surface area contributed by atoms with Crippen LogP contribution in [-0.2, 0) is 15.9 Å². The molecular formula is C31H40ClFN6O5. The van der Waals surface area contributed by atoms with Gasteiger partial charge in [0.25, 0.3) is 11.9 Å². The van der Waals surface area contributed by atoms with Gasteiger partial charge in [-0.1, -0.05) is 25.4 Å². The number of rotatable bonds is 8. The highest BCUT2D eigenvalue weighted by Gasteiger charge is 2.48. The fraction of sp³-hybridized carbons (Fsp3) is 0.581.